The highest BCUT2D eigenvalue weighted by molar-refractivity contribution is 5.93. The summed E-state index contributed by atoms with van der Waals surface area (Å²) in [5.41, 5.74) is 1.80. The number of benzene rings is 1. The van der Waals surface area contributed by atoms with Gasteiger partial charge < -0.3 is 24.2 Å². The second-order valence-corrected chi connectivity index (χ2v) is 6.53. The number of carbonyl (C=O) groups excluding carboxylic acids is 1. The summed E-state index contributed by atoms with van der Waals surface area (Å²) < 4.78 is 16.8. The van der Waals surface area contributed by atoms with E-state index >= 15 is 0 Å². The Morgan fingerprint density at radius 1 is 0.800 bits per heavy atom. The fourth-order valence-corrected chi connectivity index (χ4v) is 3.14. The molecular weight excluding hydrogens is 384 g/mol. The number of fused-ring (bicyclic) bond motifs is 2. The van der Waals surface area contributed by atoms with Crippen LogP contribution in [0.1, 0.15) is 10.4 Å². The van der Waals surface area contributed by atoms with Crippen LogP contribution >= 0.6 is 0 Å². The number of methoxy groups -OCH3 is 1. The van der Waals surface area contributed by atoms with Crippen molar-refractivity contribution in [1.29, 1.82) is 0 Å². The summed E-state index contributed by atoms with van der Waals surface area (Å²) in [4.78, 5) is 26.9. The molecule has 148 valence electrons. The molecule has 0 unspecified atom stereocenters. The number of aromatic amines is 2. The molecule has 1 aromatic carbocycles. The molecule has 0 saturated heterocycles. The summed E-state index contributed by atoms with van der Waals surface area (Å²) in [6.45, 7) is 0. The molecule has 0 aliphatic heterocycles. The van der Waals surface area contributed by atoms with E-state index in [0.29, 0.717) is 23.0 Å². The Labute approximate surface area is 170 Å². The third kappa shape index (κ3) is 3.30. The number of carbonyl (C=O) groups is 1. The highest BCUT2D eigenvalue weighted by Crippen LogP contribution is 2.33. The van der Waals surface area contributed by atoms with Gasteiger partial charge in [-0.2, -0.15) is 0 Å². The predicted octanol–water partition coefficient (Wildman–Crippen LogP) is 4.81. The number of rotatable bonds is 5. The maximum absolute atomic E-state index is 12.2. The van der Waals surface area contributed by atoms with Crippen LogP contribution in [-0.2, 0) is 4.74 Å². The van der Waals surface area contributed by atoms with Gasteiger partial charge in [-0.25, -0.2) is 14.8 Å². The smallest absolute Gasteiger partial charge is 0.341 e. The van der Waals surface area contributed by atoms with Gasteiger partial charge in [-0.05, 0) is 36.4 Å². The summed E-state index contributed by atoms with van der Waals surface area (Å²) in [5.74, 6) is 1.33. The van der Waals surface area contributed by atoms with Crippen molar-refractivity contribution in [2.75, 3.05) is 7.11 Å². The Morgan fingerprint density at radius 2 is 1.43 bits per heavy atom. The predicted molar refractivity (Wildman–Crippen MR) is 110 cm³/mol. The van der Waals surface area contributed by atoms with E-state index in [1.54, 1.807) is 36.8 Å². The van der Waals surface area contributed by atoms with Crippen molar-refractivity contribution in [2.24, 2.45) is 0 Å². The number of ether oxygens (including phenoxy) is 3. The monoisotopic (exact) mass is 400 g/mol. The molecule has 0 spiro atoms. The zero-order valence-corrected chi connectivity index (χ0v) is 15.9. The standard InChI is InChI=1S/C22H16N4O4/c1-28-22(27)18-3-2-15(29-16-8-13-4-6-23-20(13)25-11-16)10-19(18)30-17-9-14-5-7-24-21(14)26-12-17/h2-12H,1H3,(H,23,25)(H,24,26). The fraction of sp³-hybridized carbons (Fsp3) is 0.0455. The van der Waals surface area contributed by atoms with Crippen LogP contribution in [0.5, 0.6) is 23.0 Å². The molecule has 5 aromatic rings. The number of pyridine rings is 2. The molecule has 5 rings (SSSR count). The Bertz CT molecular complexity index is 1370. The molecule has 8 heteroatoms. The van der Waals surface area contributed by atoms with Gasteiger partial charge in [0.2, 0.25) is 0 Å². The van der Waals surface area contributed by atoms with E-state index in [1.807, 2.05) is 30.5 Å². The average molecular weight is 400 g/mol. The number of aromatic nitrogens is 4. The Balaban J connectivity index is 1.49. The lowest BCUT2D eigenvalue weighted by atomic mass is 10.2. The molecule has 0 aliphatic carbocycles. The zero-order chi connectivity index (χ0) is 20.5. The van der Waals surface area contributed by atoms with E-state index in [1.165, 1.54) is 7.11 Å². The molecule has 0 atom stereocenters. The lowest BCUT2D eigenvalue weighted by Crippen LogP contribution is -2.04. The quantitative estimate of drug-likeness (QED) is 0.411. The van der Waals surface area contributed by atoms with Crippen molar-refractivity contribution >= 4 is 28.0 Å². The van der Waals surface area contributed by atoms with Gasteiger partial charge in [0, 0.05) is 29.2 Å². The topological polar surface area (TPSA) is 102 Å². The number of hydrogen-bond donors (Lipinski definition) is 2. The van der Waals surface area contributed by atoms with E-state index < -0.39 is 5.97 Å². The van der Waals surface area contributed by atoms with Gasteiger partial charge in [0.05, 0.1) is 19.5 Å². The third-order valence-electron chi connectivity index (χ3n) is 4.57. The number of hydrogen-bond acceptors (Lipinski definition) is 6. The molecule has 4 aromatic heterocycles. The van der Waals surface area contributed by atoms with Crippen molar-refractivity contribution in [3.8, 4) is 23.0 Å². The Kier molecular flexibility index (Phi) is 4.29. The molecule has 2 N–H and O–H groups in total. The van der Waals surface area contributed by atoms with Crippen LogP contribution in [0.4, 0.5) is 0 Å². The minimum absolute atomic E-state index is 0.276. The number of nitrogens with one attached hydrogen (secondary N) is 2. The molecule has 0 aliphatic rings. The molecule has 4 heterocycles. The average Bonchev–Trinajstić information content (AvgIpc) is 3.42. The van der Waals surface area contributed by atoms with Crippen molar-refractivity contribution < 1.29 is 19.0 Å². The second-order valence-electron chi connectivity index (χ2n) is 6.53. The van der Waals surface area contributed by atoms with Crippen LogP contribution in [0, 0.1) is 0 Å². The molecule has 0 saturated carbocycles. The molecule has 8 nitrogen and oxygen atoms in total. The van der Waals surface area contributed by atoms with E-state index in [4.69, 9.17) is 14.2 Å². The lowest BCUT2D eigenvalue weighted by molar-refractivity contribution is 0.0598. The maximum Gasteiger partial charge on any atom is 0.341 e. The molecule has 0 fully saturated rings. The number of nitrogens with zero attached hydrogens (tertiary/aromatic N) is 2. The van der Waals surface area contributed by atoms with Crippen LogP contribution in [0.3, 0.4) is 0 Å². The van der Waals surface area contributed by atoms with Crippen molar-refractivity contribution in [1.82, 2.24) is 19.9 Å². The summed E-state index contributed by atoms with van der Waals surface area (Å²) in [5, 5.41) is 1.83. The van der Waals surface area contributed by atoms with Crippen molar-refractivity contribution in [3.63, 3.8) is 0 Å². The van der Waals surface area contributed by atoms with Crippen LogP contribution < -0.4 is 9.47 Å². The Morgan fingerprint density at radius 3 is 2.07 bits per heavy atom. The summed E-state index contributed by atoms with van der Waals surface area (Å²) in [6.07, 6.45) is 6.81. The first-order chi connectivity index (χ1) is 14.7. The first-order valence-corrected chi connectivity index (χ1v) is 9.14. The third-order valence-corrected chi connectivity index (χ3v) is 4.57. The highest BCUT2D eigenvalue weighted by atomic mass is 16.5. The van der Waals surface area contributed by atoms with Gasteiger partial charge in [0.15, 0.2) is 0 Å². The summed E-state index contributed by atoms with van der Waals surface area (Å²) in [6, 6.07) is 12.4. The summed E-state index contributed by atoms with van der Waals surface area (Å²) >= 11 is 0. The van der Waals surface area contributed by atoms with Crippen LogP contribution in [0.15, 0.2) is 67.3 Å². The van der Waals surface area contributed by atoms with Gasteiger partial charge >= 0.3 is 5.97 Å². The first kappa shape index (κ1) is 17.7. The minimum atomic E-state index is -0.511. The first-order valence-electron chi connectivity index (χ1n) is 9.14. The van der Waals surface area contributed by atoms with Gasteiger partial charge in [0.25, 0.3) is 0 Å². The van der Waals surface area contributed by atoms with Gasteiger partial charge in [-0.3, -0.25) is 0 Å². The van der Waals surface area contributed by atoms with Crippen LogP contribution in [0.25, 0.3) is 22.1 Å². The molecule has 0 radical (unpaired) electrons. The van der Waals surface area contributed by atoms with Crippen molar-refractivity contribution in [2.45, 2.75) is 0 Å². The fourth-order valence-electron chi connectivity index (χ4n) is 3.14. The Hall–Kier alpha value is -4.33. The van der Waals surface area contributed by atoms with Crippen molar-refractivity contribution in [3.05, 3.63) is 72.8 Å². The molecular formula is C22H16N4O4. The summed E-state index contributed by atoms with van der Waals surface area (Å²) in [7, 11) is 1.32. The number of esters is 1. The molecule has 30 heavy (non-hydrogen) atoms. The zero-order valence-electron chi connectivity index (χ0n) is 15.9. The highest BCUT2D eigenvalue weighted by Gasteiger charge is 2.16. The minimum Gasteiger partial charge on any atom is -0.465 e. The van der Waals surface area contributed by atoms with E-state index in [9.17, 15) is 4.79 Å². The van der Waals surface area contributed by atoms with Gasteiger partial charge in [-0.15, -0.1) is 0 Å². The van der Waals surface area contributed by atoms with E-state index in [-0.39, 0.29) is 5.56 Å². The maximum atomic E-state index is 12.2. The van der Waals surface area contributed by atoms with Gasteiger partial charge in [0.1, 0.15) is 39.9 Å². The number of H-pyrrole nitrogens is 2. The van der Waals surface area contributed by atoms with Gasteiger partial charge in [-0.1, -0.05) is 0 Å². The second kappa shape index (κ2) is 7.25. The molecule has 0 bridgehead atoms. The SMILES string of the molecule is COC(=O)c1ccc(Oc2cnc3[nH]ccc3c2)cc1Oc1cnc2[nH]ccc2c1. The van der Waals surface area contributed by atoms with Crippen LogP contribution in [0.2, 0.25) is 0 Å². The normalized spacial score (nSPS) is 11.0. The molecule has 0 amide bonds. The largest absolute Gasteiger partial charge is 0.465 e. The van der Waals surface area contributed by atoms with E-state index in [2.05, 4.69) is 19.9 Å². The van der Waals surface area contributed by atoms with Crippen LogP contribution in [-0.4, -0.2) is 33.0 Å². The lowest BCUT2D eigenvalue weighted by Gasteiger charge is -2.12. The van der Waals surface area contributed by atoms with E-state index in [0.717, 1.165) is 22.1 Å².